The van der Waals surface area contributed by atoms with Gasteiger partial charge in [-0.05, 0) is 0 Å². The average Bonchev–Trinajstić information content (AvgIpc) is 2.08. The molecule has 2 nitrogen and oxygen atoms in total. The molecule has 0 saturated carbocycles. The van der Waals surface area contributed by atoms with Crippen molar-refractivity contribution in [1.82, 2.24) is 0 Å². The van der Waals surface area contributed by atoms with Crippen LogP contribution in [0.3, 0.4) is 0 Å². The van der Waals surface area contributed by atoms with E-state index in [9.17, 15) is 5.11 Å². The minimum atomic E-state index is -0.462. The monoisotopic (exact) mass is 244 g/mol. The summed E-state index contributed by atoms with van der Waals surface area (Å²) in [5.74, 6) is -0.838. The lowest BCUT2D eigenvalue weighted by molar-refractivity contribution is 0.407. The zero-order valence-corrected chi connectivity index (χ0v) is 9.03. The van der Waals surface area contributed by atoms with Crippen molar-refractivity contribution in [3.63, 3.8) is 0 Å². The van der Waals surface area contributed by atoms with E-state index in [-0.39, 0.29) is 26.1 Å². The van der Waals surface area contributed by atoms with E-state index in [0.717, 1.165) is 0 Å². The fourth-order valence-electron chi connectivity index (χ4n) is 0.654. The Labute approximate surface area is 86.3 Å². The van der Waals surface area contributed by atoms with Crippen molar-refractivity contribution in [2.24, 2.45) is 0 Å². The molecule has 0 amide bonds. The fourth-order valence-corrected chi connectivity index (χ4v) is 1.63. The Morgan fingerprint density at radius 1 is 0.833 bits per heavy atom. The topological polar surface area (TPSA) is 40.5 Å². The highest BCUT2D eigenvalue weighted by molar-refractivity contribution is 7.28. The first-order valence-electron chi connectivity index (χ1n) is 2.80. The molecule has 1 rings (SSSR count). The summed E-state index contributed by atoms with van der Waals surface area (Å²) in [4.78, 5) is 0. The van der Waals surface area contributed by atoms with Crippen molar-refractivity contribution in [1.29, 1.82) is 0 Å². The lowest BCUT2D eigenvalue weighted by Crippen LogP contribution is -1.95. The summed E-state index contributed by atoms with van der Waals surface area (Å²) in [6, 6.07) is 0. The van der Waals surface area contributed by atoms with E-state index in [1.54, 1.807) is 0 Å². The van der Waals surface area contributed by atoms with Gasteiger partial charge in [0, 0.05) is 5.30 Å². The van der Waals surface area contributed by atoms with Crippen LogP contribution in [0.4, 0.5) is 0 Å². The van der Waals surface area contributed by atoms with Crippen molar-refractivity contribution < 1.29 is 10.2 Å². The second kappa shape index (κ2) is 3.47. The molecule has 0 heterocycles. The first kappa shape index (κ1) is 10.2. The normalized spacial score (nSPS) is 10.3. The molecule has 0 aliphatic carbocycles. The smallest absolute Gasteiger partial charge is 0.178 e. The molecule has 0 spiro atoms. The first-order valence-corrected chi connectivity index (χ1v) is 4.51. The molecular weight excluding hydrogens is 241 g/mol. The van der Waals surface area contributed by atoms with Crippen LogP contribution in [0.15, 0.2) is 0 Å². The number of benzene rings is 1. The van der Waals surface area contributed by atoms with Crippen LogP contribution in [0.25, 0.3) is 0 Å². The van der Waals surface area contributed by atoms with Gasteiger partial charge in [-0.1, -0.05) is 44.0 Å². The first-order chi connectivity index (χ1) is 5.46. The summed E-state index contributed by atoms with van der Waals surface area (Å²) in [5.41, 5.74) is 0. The van der Waals surface area contributed by atoms with Gasteiger partial charge in [0.1, 0.15) is 5.02 Å². The van der Waals surface area contributed by atoms with Crippen LogP contribution >= 0.6 is 44.0 Å². The van der Waals surface area contributed by atoms with Gasteiger partial charge in [0.25, 0.3) is 0 Å². The lowest BCUT2D eigenvalue weighted by Gasteiger charge is -2.07. The van der Waals surface area contributed by atoms with Crippen LogP contribution in [-0.4, -0.2) is 10.2 Å². The zero-order chi connectivity index (χ0) is 9.46. The van der Waals surface area contributed by atoms with E-state index >= 15 is 0 Å². The minimum absolute atomic E-state index is 0.0265. The SMILES string of the molecule is Oc1c(O)c(Cl)c(Cl)c(Cl)c1P. The van der Waals surface area contributed by atoms with Crippen molar-refractivity contribution in [3.8, 4) is 11.5 Å². The predicted molar refractivity (Wildman–Crippen MR) is 54.1 cm³/mol. The number of rotatable bonds is 0. The largest absolute Gasteiger partial charge is 0.504 e. The van der Waals surface area contributed by atoms with Crippen LogP contribution in [0, 0.1) is 0 Å². The average molecular weight is 245 g/mol. The number of hydrogen-bond donors (Lipinski definition) is 2. The molecule has 1 aromatic rings. The third-order valence-corrected chi connectivity index (χ3v) is 3.39. The number of hydrogen-bond acceptors (Lipinski definition) is 2. The van der Waals surface area contributed by atoms with E-state index in [1.165, 1.54) is 0 Å². The molecule has 0 aromatic heterocycles. The van der Waals surface area contributed by atoms with Crippen LogP contribution < -0.4 is 5.30 Å². The molecule has 0 saturated heterocycles. The van der Waals surface area contributed by atoms with Crippen molar-refractivity contribution in [2.75, 3.05) is 0 Å². The molecule has 0 aliphatic heterocycles. The van der Waals surface area contributed by atoms with E-state index < -0.39 is 5.75 Å². The highest BCUT2D eigenvalue weighted by Gasteiger charge is 2.17. The van der Waals surface area contributed by atoms with Crippen LogP contribution in [0.5, 0.6) is 11.5 Å². The number of aromatic hydroxyl groups is 2. The minimum Gasteiger partial charge on any atom is -0.504 e. The third-order valence-electron chi connectivity index (χ3n) is 1.31. The molecule has 1 unspecified atom stereocenters. The molecule has 1 atom stereocenters. The third kappa shape index (κ3) is 1.45. The van der Waals surface area contributed by atoms with Gasteiger partial charge in [-0.25, -0.2) is 0 Å². The Kier molecular flexibility index (Phi) is 2.95. The van der Waals surface area contributed by atoms with Crippen LogP contribution in [-0.2, 0) is 0 Å². The van der Waals surface area contributed by atoms with Crippen molar-refractivity contribution >= 4 is 49.3 Å². The van der Waals surface area contributed by atoms with Crippen LogP contribution in [0.1, 0.15) is 0 Å². The second-order valence-corrected chi connectivity index (χ2v) is 3.76. The Balaban J connectivity index is 3.60. The van der Waals surface area contributed by atoms with Gasteiger partial charge in [0.2, 0.25) is 0 Å². The zero-order valence-electron chi connectivity index (χ0n) is 5.61. The van der Waals surface area contributed by atoms with Gasteiger partial charge < -0.3 is 10.2 Å². The van der Waals surface area contributed by atoms with Gasteiger partial charge in [-0.15, -0.1) is 0 Å². The summed E-state index contributed by atoms with van der Waals surface area (Å²) in [6.07, 6.45) is 0. The maximum atomic E-state index is 9.19. The molecule has 0 fully saturated rings. The van der Waals surface area contributed by atoms with Gasteiger partial charge in [0.15, 0.2) is 11.5 Å². The molecule has 2 N–H and O–H groups in total. The number of halogens is 3. The Hall–Kier alpha value is 0.120. The van der Waals surface area contributed by atoms with Gasteiger partial charge in [0.05, 0.1) is 10.0 Å². The van der Waals surface area contributed by atoms with Crippen LogP contribution in [0.2, 0.25) is 15.1 Å². The molecule has 0 radical (unpaired) electrons. The molecule has 6 heteroatoms. The fraction of sp³-hybridized carbons (Fsp3) is 0. The summed E-state index contributed by atoms with van der Waals surface area (Å²) in [7, 11) is 2.15. The molecule has 1 aromatic carbocycles. The molecule has 12 heavy (non-hydrogen) atoms. The van der Waals surface area contributed by atoms with Crippen molar-refractivity contribution in [2.45, 2.75) is 0 Å². The van der Waals surface area contributed by atoms with Gasteiger partial charge in [-0.3, -0.25) is 0 Å². The molecular formula is C6H4Cl3O2P. The Bertz CT molecular complexity index is 235. The van der Waals surface area contributed by atoms with E-state index in [4.69, 9.17) is 39.9 Å². The Morgan fingerprint density at radius 3 is 1.83 bits per heavy atom. The number of phenolic OH excluding ortho intramolecular Hbond substituents is 2. The number of phenols is 2. The highest BCUT2D eigenvalue weighted by Crippen LogP contribution is 2.42. The highest BCUT2D eigenvalue weighted by atomic mass is 35.5. The van der Waals surface area contributed by atoms with E-state index in [2.05, 4.69) is 9.24 Å². The standard InChI is InChI=1S/C6H4Cl3O2P/c7-1-2(8)4(10)5(11)6(12)3(1)9/h10-11H,12H2. The maximum absolute atomic E-state index is 9.19. The van der Waals surface area contributed by atoms with E-state index in [1.807, 2.05) is 0 Å². The van der Waals surface area contributed by atoms with Gasteiger partial charge >= 0.3 is 0 Å². The van der Waals surface area contributed by atoms with Crippen molar-refractivity contribution in [3.05, 3.63) is 15.1 Å². The summed E-state index contributed by atoms with van der Waals surface area (Å²) >= 11 is 16.8. The predicted octanol–water partition coefficient (Wildman–Crippen LogP) is 2.56. The van der Waals surface area contributed by atoms with E-state index in [0.29, 0.717) is 0 Å². The summed E-state index contributed by atoms with van der Waals surface area (Å²) in [6.45, 7) is 0. The van der Waals surface area contributed by atoms with Gasteiger partial charge in [-0.2, -0.15) is 0 Å². The lowest BCUT2D eigenvalue weighted by atomic mass is 10.3. The Morgan fingerprint density at radius 2 is 1.33 bits per heavy atom. The molecule has 66 valence electrons. The molecule has 0 bridgehead atoms. The quantitative estimate of drug-likeness (QED) is 0.419. The summed E-state index contributed by atoms with van der Waals surface area (Å²) < 4.78 is 0. The second-order valence-electron chi connectivity index (χ2n) is 2.05. The molecule has 0 aliphatic rings. The summed E-state index contributed by atoms with van der Waals surface area (Å²) in [5, 5.41) is 18.6. The maximum Gasteiger partial charge on any atom is 0.178 e.